The molecule has 0 aliphatic rings. The molecule has 0 radical (unpaired) electrons. The van der Waals surface area contributed by atoms with Crippen molar-refractivity contribution in [2.45, 2.75) is 6.04 Å². The number of carbonyl (C=O) groups excluding carboxylic acids is 1. The van der Waals surface area contributed by atoms with Crippen molar-refractivity contribution < 1.29 is 4.79 Å². The highest BCUT2D eigenvalue weighted by Gasteiger charge is 2.21. The Morgan fingerprint density at radius 1 is 1.05 bits per heavy atom. The first kappa shape index (κ1) is 14.0. The second-order valence-corrected chi connectivity index (χ2v) is 4.93. The van der Waals surface area contributed by atoms with E-state index in [1.807, 2.05) is 48.1 Å². The molecular formula is C17H16N4O. The van der Waals surface area contributed by atoms with Gasteiger partial charge in [-0.1, -0.05) is 36.4 Å². The van der Waals surface area contributed by atoms with Gasteiger partial charge in [0, 0.05) is 25.6 Å². The highest BCUT2D eigenvalue weighted by Crippen LogP contribution is 2.20. The maximum Gasteiger partial charge on any atom is 0.270 e. The highest BCUT2D eigenvalue weighted by molar-refractivity contribution is 5.92. The Bertz CT molecular complexity index is 753. The molecule has 0 aliphatic carbocycles. The summed E-state index contributed by atoms with van der Waals surface area (Å²) >= 11 is 0. The van der Waals surface area contributed by atoms with Crippen molar-refractivity contribution in [2.75, 3.05) is 0 Å². The van der Waals surface area contributed by atoms with Crippen molar-refractivity contribution in [3.05, 3.63) is 84.2 Å². The van der Waals surface area contributed by atoms with Gasteiger partial charge in [0.25, 0.3) is 5.91 Å². The molecule has 1 atom stereocenters. The molecule has 1 aromatic carbocycles. The quantitative estimate of drug-likeness (QED) is 0.803. The standard InChI is InChI=1S/C17H16N4O/c1-21-12-11-19-16(21)15(13-7-3-2-4-8-13)20-17(22)14-9-5-6-10-18-14/h2-12,15H,1H3,(H,20,22). The van der Waals surface area contributed by atoms with Gasteiger partial charge in [-0.05, 0) is 17.7 Å². The zero-order chi connectivity index (χ0) is 15.4. The summed E-state index contributed by atoms with van der Waals surface area (Å²) in [6.45, 7) is 0. The van der Waals surface area contributed by atoms with Crippen molar-refractivity contribution in [1.82, 2.24) is 19.9 Å². The molecule has 0 spiro atoms. The number of aryl methyl sites for hydroxylation is 1. The minimum Gasteiger partial charge on any atom is -0.337 e. The van der Waals surface area contributed by atoms with Gasteiger partial charge in [0.05, 0.1) is 0 Å². The van der Waals surface area contributed by atoms with Crippen LogP contribution in [0.5, 0.6) is 0 Å². The Morgan fingerprint density at radius 2 is 1.82 bits per heavy atom. The van der Waals surface area contributed by atoms with Crippen LogP contribution in [0.25, 0.3) is 0 Å². The van der Waals surface area contributed by atoms with Gasteiger partial charge in [-0.3, -0.25) is 9.78 Å². The summed E-state index contributed by atoms with van der Waals surface area (Å²) in [5.74, 6) is 0.549. The van der Waals surface area contributed by atoms with E-state index in [9.17, 15) is 4.79 Å². The third-order valence-corrected chi connectivity index (χ3v) is 3.42. The summed E-state index contributed by atoms with van der Waals surface area (Å²) in [4.78, 5) is 20.9. The van der Waals surface area contributed by atoms with Gasteiger partial charge in [-0.15, -0.1) is 0 Å². The number of hydrogen-bond donors (Lipinski definition) is 1. The van der Waals surface area contributed by atoms with Crippen LogP contribution in [0.2, 0.25) is 0 Å². The van der Waals surface area contributed by atoms with Gasteiger partial charge in [0.15, 0.2) is 0 Å². The van der Waals surface area contributed by atoms with Crippen LogP contribution in [0, 0.1) is 0 Å². The van der Waals surface area contributed by atoms with Crippen LogP contribution in [0.15, 0.2) is 67.1 Å². The number of nitrogens with one attached hydrogen (secondary N) is 1. The predicted molar refractivity (Wildman–Crippen MR) is 83.2 cm³/mol. The molecular weight excluding hydrogens is 276 g/mol. The fraction of sp³-hybridized carbons (Fsp3) is 0.118. The first-order valence-corrected chi connectivity index (χ1v) is 7.00. The number of carbonyl (C=O) groups is 1. The van der Waals surface area contributed by atoms with Crippen molar-refractivity contribution in [3.63, 3.8) is 0 Å². The number of pyridine rings is 1. The van der Waals surface area contributed by atoms with E-state index in [4.69, 9.17) is 0 Å². The average Bonchev–Trinajstić information content (AvgIpc) is 3.00. The molecule has 0 saturated heterocycles. The van der Waals surface area contributed by atoms with Crippen LogP contribution in [0.1, 0.15) is 27.9 Å². The van der Waals surface area contributed by atoms with Crippen molar-refractivity contribution in [3.8, 4) is 0 Å². The second kappa shape index (κ2) is 6.22. The van der Waals surface area contributed by atoms with E-state index in [0.717, 1.165) is 11.4 Å². The summed E-state index contributed by atoms with van der Waals surface area (Å²) in [7, 11) is 1.91. The molecule has 0 fully saturated rings. The van der Waals surface area contributed by atoms with E-state index in [1.54, 1.807) is 30.6 Å². The molecule has 5 nitrogen and oxygen atoms in total. The minimum absolute atomic E-state index is 0.225. The highest BCUT2D eigenvalue weighted by atomic mass is 16.1. The number of amides is 1. The maximum absolute atomic E-state index is 12.4. The molecule has 0 bridgehead atoms. The Kier molecular flexibility index (Phi) is 3.96. The second-order valence-electron chi connectivity index (χ2n) is 4.93. The largest absolute Gasteiger partial charge is 0.337 e. The summed E-state index contributed by atoms with van der Waals surface area (Å²) < 4.78 is 1.90. The molecule has 110 valence electrons. The first-order valence-electron chi connectivity index (χ1n) is 7.00. The van der Waals surface area contributed by atoms with Gasteiger partial charge in [0.1, 0.15) is 17.6 Å². The van der Waals surface area contributed by atoms with Gasteiger partial charge in [0.2, 0.25) is 0 Å². The lowest BCUT2D eigenvalue weighted by Gasteiger charge is -2.19. The fourth-order valence-corrected chi connectivity index (χ4v) is 2.30. The number of aromatic nitrogens is 3. The molecule has 2 heterocycles. The lowest BCUT2D eigenvalue weighted by Crippen LogP contribution is -2.31. The lowest BCUT2D eigenvalue weighted by molar-refractivity contribution is 0.0936. The number of benzene rings is 1. The normalized spacial score (nSPS) is 11.9. The van der Waals surface area contributed by atoms with E-state index in [1.165, 1.54) is 0 Å². The molecule has 0 aliphatic heterocycles. The maximum atomic E-state index is 12.4. The van der Waals surface area contributed by atoms with E-state index in [0.29, 0.717) is 5.69 Å². The summed E-state index contributed by atoms with van der Waals surface area (Å²) in [5, 5.41) is 3.01. The van der Waals surface area contributed by atoms with Gasteiger partial charge < -0.3 is 9.88 Å². The Hall–Kier alpha value is -2.95. The van der Waals surface area contributed by atoms with Crippen molar-refractivity contribution in [2.24, 2.45) is 7.05 Å². The van der Waals surface area contributed by atoms with Gasteiger partial charge in [-0.2, -0.15) is 0 Å². The topological polar surface area (TPSA) is 59.8 Å². The number of imidazole rings is 1. The van der Waals surface area contributed by atoms with Crippen molar-refractivity contribution >= 4 is 5.91 Å². The van der Waals surface area contributed by atoms with E-state index in [-0.39, 0.29) is 11.9 Å². The average molecular weight is 292 g/mol. The van der Waals surface area contributed by atoms with Crippen molar-refractivity contribution in [1.29, 1.82) is 0 Å². The third-order valence-electron chi connectivity index (χ3n) is 3.42. The van der Waals surface area contributed by atoms with Crippen LogP contribution in [0.3, 0.4) is 0 Å². The SMILES string of the molecule is Cn1ccnc1C(NC(=O)c1ccccn1)c1ccccc1. The smallest absolute Gasteiger partial charge is 0.270 e. The predicted octanol–water partition coefficient (Wildman–Crippen LogP) is 2.33. The van der Waals surface area contributed by atoms with E-state index in [2.05, 4.69) is 15.3 Å². The molecule has 22 heavy (non-hydrogen) atoms. The number of rotatable bonds is 4. The van der Waals surface area contributed by atoms with Crippen LogP contribution >= 0.6 is 0 Å². The summed E-state index contributed by atoms with van der Waals surface area (Å²) in [6, 6.07) is 14.7. The lowest BCUT2D eigenvalue weighted by atomic mass is 10.1. The van der Waals surface area contributed by atoms with Gasteiger partial charge >= 0.3 is 0 Å². The fourth-order valence-electron chi connectivity index (χ4n) is 2.30. The van der Waals surface area contributed by atoms with Crippen LogP contribution in [0.4, 0.5) is 0 Å². The van der Waals surface area contributed by atoms with Gasteiger partial charge in [-0.25, -0.2) is 4.98 Å². The Morgan fingerprint density at radius 3 is 2.45 bits per heavy atom. The molecule has 3 rings (SSSR count). The van der Waals surface area contributed by atoms with Crippen LogP contribution in [-0.2, 0) is 7.05 Å². The van der Waals surface area contributed by atoms with Crippen LogP contribution < -0.4 is 5.32 Å². The molecule has 1 unspecified atom stereocenters. The van der Waals surface area contributed by atoms with E-state index < -0.39 is 0 Å². The zero-order valence-corrected chi connectivity index (χ0v) is 12.2. The molecule has 0 saturated carbocycles. The number of hydrogen-bond acceptors (Lipinski definition) is 3. The van der Waals surface area contributed by atoms with Crippen LogP contribution in [-0.4, -0.2) is 20.4 Å². The third kappa shape index (κ3) is 2.88. The summed E-state index contributed by atoms with van der Waals surface area (Å²) in [6.07, 6.45) is 5.18. The Labute approximate surface area is 128 Å². The minimum atomic E-state index is -0.323. The molecule has 1 N–H and O–H groups in total. The monoisotopic (exact) mass is 292 g/mol. The zero-order valence-electron chi connectivity index (χ0n) is 12.2. The first-order chi connectivity index (χ1) is 10.8. The molecule has 5 heteroatoms. The Balaban J connectivity index is 1.93. The van der Waals surface area contributed by atoms with E-state index >= 15 is 0 Å². The molecule has 1 amide bonds. The molecule has 3 aromatic rings. The summed E-state index contributed by atoms with van der Waals surface area (Å²) in [5.41, 5.74) is 1.36. The number of nitrogens with zero attached hydrogens (tertiary/aromatic N) is 3. The molecule has 2 aromatic heterocycles.